The number of anilines is 1. The highest BCUT2D eigenvalue weighted by Gasteiger charge is 2.27. The van der Waals surface area contributed by atoms with Gasteiger partial charge in [0.15, 0.2) is 5.69 Å². The highest BCUT2D eigenvalue weighted by atomic mass is 16.3. The molecule has 1 aliphatic carbocycles. The summed E-state index contributed by atoms with van der Waals surface area (Å²) in [6.45, 7) is 0.331. The lowest BCUT2D eigenvalue weighted by Gasteiger charge is -2.13. The summed E-state index contributed by atoms with van der Waals surface area (Å²) in [5.74, 6) is -0.572. The standard InChI is InChI=1S/C22H20N4O3/c27-18-6-3-10-24-20(18)22(29)26-19-12-14(9-11-23-19)13-25-21(28)17-8-7-15-4-1-2-5-16(15)17/h1-6,9-12,17,27H,7-8,13H2,(H,25,28)(H,23,26,29). The molecule has 1 unspecified atom stereocenters. The van der Waals surface area contributed by atoms with Gasteiger partial charge in [0, 0.05) is 18.9 Å². The molecule has 29 heavy (non-hydrogen) atoms. The second kappa shape index (κ2) is 8.10. The molecule has 3 aromatic rings. The van der Waals surface area contributed by atoms with Crippen molar-refractivity contribution in [1.29, 1.82) is 0 Å². The zero-order valence-corrected chi connectivity index (χ0v) is 15.6. The number of aryl methyl sites for hydroxylation is 1. The van der Waals surface area contributed by atoms with Gasteiger partial charge in [0.2, 0.25) is 5.91 Å². The van der Waals surface area contributed by atoms with Crippen LogP contribution in [0.1, 0.15) is 39.5 Å². The van der Waals surface area contributed by atoms with E-state index in [0.29, 0.717) is 12.4 Å². The van der Waals surface area contributed by atoms with Crippen LogP contribution in [0.4, 0.5) is 5.82 Å². The van der Waals surface area contributed by atoms with E-state index in [4.69, 9.17) is 0 Å². The van der Waals surface area contributed by atoms with Crippen molar-refractivity contribution in [2.45, 2.75) is 25.3 Å². The number of hydrogen-bond acceptors (Lipinski definition) is 5. The van der Waals surface area contributed by atoms with E-state index < -0.39 is 5.91 Å². The number of fused-ring (bicyclic) bond motifs is 1. The Labute approximate surface area is 167 Å². The molecular weight excluding hydrogens is 368 g/mol. The Kier molecular flexibility index (Phi) is 5.20. The predicted molar refractivity (Wildman–Crippen MR) is 107 cm³/mol. The molecule has 0 saturated heterocycles. The molecular formula is C22H20N4O3. The Morgan fingerprint density at radius 1 is 1.07 bits per heavy atom. The van der Waals surface area contributed by atoms with Crippen LogP contribution in [0.5, 0.6) is 5.75 Å². The molecule has 4 rings (SSSR count). The number of amides is 2. The molecule has 0 fully saturated rings. The summed E-state index contributed by atoms with van der Waals surface area (Å²) < 4.78 is 0. The Bertz CT molecular complexity index is 1070. The first-order valence-electron chi connectivity index (χ1n) is 9.37. The van der Waals surface area contributed by atoms with Crippen molar-refractivity contribution in [3.63, 3.8) is 0 Å². The van der Waals surface area contributed by atoms with E-state index in [-0.39, 0.29) is 23.3 Å². The zero-order chi connectivity index (χ0) is 20.2. The lowest BCUT2D eigenvalue weighted by Crippen LogP contribution is -2.28. The van der Waals surface area contributed by atoms with Crippen LogP contribution in [0.15, 0.2) is 60.9 Å². The van der Waals surface area contributed by atoms with E-state index in [1.807, 2.05) is 18.2 Å². The maximum Gasteiger partial charge on any atom is 0.279 e. The van der Waals surface area contributed by atoms with Gasteiger partial charge in [-0.05, 0) is 53.8 Å². The fraction of sp³-hybridized carbons (Fsp3) is 0.182. The minimum Gasteiger partial charge on any atom is -0.505 e. The van der Waals surface area contributed by atoms with E-state index in [2.05, 4.69) is 26.7 Å². The lowest BCUT2D eigenvalue weighted by atomic mass is 10.0. The number of carbonyl (C=O) groups excluding carboxylic acids is 2. The molecule has 2 amide bonds. The van der Waals surface area contributed by atoms with Gasteiger partial charge in [-0.15, -0.1) is 0 Å². The van der Waals surface area contributed by atoms with Crippen molar-refractivity contribution in [3.05, 3.63) is 83.3 Å². The number of aromatic nitrogens is 2. The monoisotopic (exact) mass is 388 g/mol. The number of carbonyl (C=O) groups is 2. The van der Waals surface area contributed by atoms with Crippen LogP contribution in [-0.4, -0.2) is 26.9 Å². The fourth-order valence-corrected chi connectivity index (χ4v) is 3.54. The first-order chi connectivity index (χ1) is 14.1. The largest absolute Gasteiger partial charge is 0.505 e. The fourth-order valence-electron chi connectivity index (χ4n) is 3.54. The third-order valence-electron chi connectivity index (χ3n) is 4.98. The summed E-state index contributed by atoms with van der Waals surface area (Å²) in [7, 11) is 0. The molecule has 0 bridgehead atoms. The van der Waals surface area contributed by atoms with Crippen molar-refractivity contribution in [3.8, 4) is 5.75 Å². The number of hydrogen-bond donors (Lipinski definition) is 3. The predicted octanol–water partition coefficient (Wildman–Crippen LogP) is 2.78. The number of benzene rings is 1. The van der Waals surface area contributed by atoms with Gasteiger partial charge in [-0.25, -0.2) is 9.97 Å². The average molecular weight is 388 g/mol. The quantitative estimate of drug-likeness (QED) is 0.623. The molecule has 1 aliphatic rings. The Morgan fingerprint density at radius 2 is 1.93 bits per heavy atom. The Morgan fingerprint density at radius 3 is 2.79 bits per heavy atom. The van der Waals surface area contributed by atoms with Gasteiger partial charge in [0.25, 0.3) is 5.91 Å². The first kappa shape index (κ1) is 18.6. The molecule has 7 nitrogen and oxygen atoms in total. The van der Waals surface area contributed by atoms with Gasteiger partial charge in [-0.3, -0.25) is 9.59 Å². The van der Waals surface area contributed by atoms with Crippen LogP contribution in [0, 0.1) is 0 Å². The van der Waals surface area contributed by atoms with Gasteiger partial charge in [0.1, 0.15) is 11.6 Å². The summed E-state index contributed by atoms with van der Waals surface area (Å²) >= 11 is 0. The summed E-state index contributed by atoms with van der Waals surface area (Å²) in [4.78, 5) is 32.9. The van der Waals surface area contributed by atoms with Crippen molar-refractivity contribution in [2.24, 2.45) is 0 Å². The number of nitrogens with one attached hydrogen (secondary N) is 2. The highest BCUT2D eigenvalue weighted by molar-refractivity contribution is 6.04. The number of aromatic hydroxyl groups is 1. The van der Waals surface area contributed by atoms with E-state index in [1.165, 1.54) is 23.9 Å². The van der Waals surface area contributed by atoms with E-state index in [1.54, 1.807) is 18.3 Å². The summed E-state index contributed by atoms with van der Waals surface area (Å²) in [6.07, 6.45) is 4.71. The minimum atomic E-state index is -0.556. The van der Waals surface area contributed by atoms with Gasteiger partial charge in [0.05, 0.1) is 5.92 Å². The normalized spacial score (nSPS) is 14.8. The Hall–Kier alpha value is -3.74. The van der Waals surface area contributed by atoms with Gasteiger partial charge in [-0.1, -0.05) is 24.3 Å². The van der Waals surface area contributed by atoms with Crippen LogP contribution in [0.2, 0.25) is 0 Å². The highest BCUT2D eigenvalue weighted by Crippen LogP contribution is 2.32. The Balaban J connectivity index is 1.39. The van der Waals surface area contributed by atoms with Gasteiger partial charge >= 0.3 is 0 Å². The van der Waals surface area contributed by atoms with Crippen molar-refractivity contribution >= 4 is 17.6 Å². The molecule has 7 heteroatoms. The zero-order valence-electron chi connectivity index (χ0n) is 15.6. The summed E-state index contributed by atoms with van der Waals surface area (Å²) in [6, 6.07) is 14.4. The number of rotatable bonds is 5. The van der Waals surface area contributed by atoms with Crippen LogP contribution in [0.3, 0.4) is 0 Å². The molecule has 2 heterocycles. The lowest BCUT2D eigenvalue weighted by molar-refractivity contribution is -0.122. The van der Waals surface area contributed by atoms with Crippen molar-refractivity contribution in [1.82, 2.24) is 15.3 Å². The third-order valence-corrected chi connectivity index (χ3v) is 4.98. The topological polar surface area (TPSA) is 104 Å². The van der Waals surface area contributed by atoms with E-state index in [9.17, 15) is 14.7 Å². The maximum absolute atomic E-state index is 12.6. The first-order valence-corrected chi connectivity index (χ1v) is 9.37. The van der Waals surface area contributed by atoms with Crippen LogP contribution in [0.25, 0.3) is 0 Å². The molecule has 0 radical (unpaired) electrons. The van der Waals surface area contributed by atoms with Gasteiger partial charge in [-0.2, -0.15) is 0 Å². The molecule has 146 valence electrons. The van der Waals surface area contributed by atoms with Crippen molar-refractivity contribution < 1.29 is 14.7 Å². The summed E-state index contributed by atoms with van der Waals surface area (Å²) in [5.41, 5.74) is 3.07. The number of pyridine rings is 2. The van der Waals surface area contributed by atoms with E-state index >= 15 is 0 Å². The molecule has 0 aliphatic heterocycles. The smallest absolute Gasteiger partial charge is 0.279 e. The molecule has 1 atom stereocenters. The molecule has 1 aromatic carbocycles. The second-order valence-electron chi connectivity index (χ2n) is 6.88. The minimum absolute atomic E-state index is 0.00393. The molecule has 0 spiro atoms. The summed E-state index contributed by atoms with van der Waals surface area (Å²) in [5, 5.41) is 15.3. The van der Waals surface area contributed by atoms with Crippen LogP contribution >= 0.6 is 0 Å². The van der Waals surface area contributed by atoms with E-state index in [0.717, 1.165) is 24.0 Å². The molecule has 2 aromatic heterocycles. The second-order valence-corrected chi connectivity index (χ2v) is 6.88. The van der Waals surface area contributed by atoms with Gasteiger partial charge < -0.3 is 15.7 Å². The third kappa shape index (κ3) is 4.08. The van der Waals surface area contributed by atoms with Crippen LogP contribution in [-0.2, 0) is 17.8 Å². The van der Waals surface area contributed by atoms with Crippen molar-refractivity contribution in [2.75, 3.05) is 5.32 Å². The molecule has 0 saturated carbocycles. The molecule has 3 N–H and O–H groups in total. The SMILES string of the molecule is O=C(Nc1cc(CNC(=O)C2CCc3ccccc32)ccn1)c1ncccc1O. The number of nitrogens with zero attached hydrogens (tertiary/aromatic N) is 2. The maximum atomic E-state index is 12.6. The van der Waals surface area contributed by atoms with Crippen LogP contribution < -0.4 is 10.6 Å². The average Bonchev–Trinajstić information content (AvgIpc) is 3.17.